The molecular formula is C21H24N4O2S. The van der Waals surface area contributed by atoms with Crippen LogP contribution in [0.25, 0.3) is 11.4 Å². The van der Waals surface area contributed by atoms with Crippen LogP contribution in [0.3, 0.4) is 0 Å². The summed E-state index contributed by atoms with van der Waals surface area (Å²) in [5.41, 5.74) is 3.02. The lowest BCUT2D eigenvalue weighted by Gasteiger charge is -2.18. The zero-order valence-corrected chi connectivity index (χ0v) is 17.2. The van der Waals surface area contributed by atoms with Gasteiger partial charge >= 0.3 is 0 Å². The predicted octanol–water partition coefficient (Wildman–Crippen LogP) is 4.89. The number of ether oxygens (including phenoxy) is 1. The molecular weight excluding hydrogens is 372 g/mol. The van der Waals surface area contributed by atoms with Gasteiger partial charge in [-0.05, 0) is 53.9 Å². The van der Waals surface area contributed by atoms with E-state index in [0.29, 0.717) is 23.0 Å². The third-order valence-electron chi connectivity index (χ3n) is 4.27. The fourth-order valence-electron chi connectivity index (χ4n) is 2.71. The van der Waals surface area contributed by atoms with Crippen molar-refractivity contribution in [1.82, 2.24) is 14.9 Å². The third-order valence-corrected chi connectivity index (χ3v) is 4.53. The van der Waals surface area contributed by atoms with Gasteiger partial charge in [0.05, 0.1) is 12.8 Å². The van der Waals surface area contributed by atoms with E-state index in [9.17, 15) is 5.11 Å². The molecule has 0 atom stereocenters. The quantitative estimate of drug-likeness (QED) is 0.475. The van der Waals surface area contributed by atoms with Gasteiger partial charge in [0.1, 0.15) is 0 Å². The fourth-order valence-corrected chi connectivity index (χ4v) is 2.89. The molecule has 0 saturated carbocycles. The number of benzene rings is 2. The van der Waals surface area contributed by atoms with Crippen LogP contribution in [0.4, 0.5) is 0 Å². The average molecular weight is 397 g/mol. The number of rotatable bonds is 5. The number of phenols is 1. The van der Waals surface area contributed by atoms with Gasteiger partial charge in [0.2, 0.25) is 4.77 Å². The van der Waals surface area contributed by atoms with Crippen molar-refractivity contribution in [2.75, 3.05) is 6.61 Å². The van der Waals surface area contributed by atoms with Crippen LogP contribution in [0.5, 0.6) is 11.5 Å². The van der Waals surface area contributed by atoms with E-state index in [1.165, 1.54) is 5.56 Å². The molecule has 2 aromatic carbocycles. The highest BCUT2D eigenvalue weighted by molar-refractivity contribution is 7.71. The summed E-state index contributed by atoms with van der Waals surface area (Å²) < 4.78 is 7.39. The Bertz CT molecular complexity index is 1040. The van der Waals surface area contributed by atoms with Crippen molar-refractivity contribution in [3.05, 3.63) is 58.4 Å². The number of nitrogens with one attached hydrogen (secondary N) is 1. The second-order valence-electron chi connectivity index (χ2n) is 7.40. The van der Waals surface area contributed by atoms with E-state index in [-0.39, 0.29) is 11.2 Å². The monoisotopic (exact) mass is 396 g/mol. The summed E-state index contributed by atoms with van der Waals surface area (Å²) >= 11 is 5.33. The van der Waals surface area contributed by atoms with Crippen molar-refractivity contribution >= 4 is 18.4 Å². The molecule has 3 aromatic rings. The molecule has 0 spiro atoms. The Labute approximate surface area is 169 Å². The maximum absolute atomic E-state index is 9.83. The number of hydrogen-bond donors (Lipinski definition) is 2. The molecule has 1 aromatic heterocycles. The van der Waals surface area contributed by atoms with Gasteiger partial charge in [0.15, 0.2) is 17.3 Å². The zero-order valence-electron chi connectivity index (χ0n) is 16.4. The number of aromatic hydroxyl groups is 1. The molecule has 0 bridgehead atoms. The Morgan fingerprint density at radius 1 is 1.21 bits per heavy atom. The molecule has 0 fully saturated rings. The molecule has 28 heavy (non-hydrogen) atoms. The van der Waals surface area contributed by atoms with Crippen LogP contribution >= 0.6 is 12.2 Å². The van der Waals surface area contributed by atoms with Gasteiger partial charge in [0, 0.05) is 5.56 Å². The van der Waals surface area contributed by atoms with Crippen molar-refractivity contribution in [2.24, 2.45) is 5.10 Å². The molecule has 7 heteroatoms. The topological polar surface area (TPSA) is 75.4 Å². The number of H-pyrrole nitrogens is 1. The molecule has 3 rings (SSSR count). The molecule has 6 nitrogen and oxygen atoms in total. The van der Waals surface area contributed by atoms with Crippen LogP contribution in [0.2, 0.25) is 0 Å². The lowest BCUT2D eigenvalue weighted by Crippen LogP contribution is -2.10. The minimum absolute atomic E-state index is 0.0819. The van der Waals surface area contributed by atoms with E-state index in [1.807, 2.05) is 19.1 Å². The number of aromatic nitrogens is 3. The molecule has 2 N–H and O–H groups in total. The normalized spacial score (nSPS) is 11.9. The first kappa shape index (κ1) is 19.8. The average Bonchev–Trinajstić information content (AvgIpc) is 3.02. The van der Waals surface area contributed by atoms with E-state index in [2.05, 4.69) is 48.2 Å². The molecule has 0 aliphatic heterocycles. The molecule has 146 valence electrons. The van der Waals surface area contributed by atoms with Crippen molar-refractivity contribution in [3.8, 4) is 22.9 Å². The highest BCUT2D eigenvalue weighted by Gasteiger charge is 2.14. The summed E-state index contributed by atoms with van der Waals surface area (Å²) in [6.45, 7) is 8.86. The van der Waals surface area contributed by atoms with E-state index in [1.54, 1.807) is 29.1 Å². The standard InChI is InChI=1S/C21H24N4O2S/c1-5-27-18-12-14(6-11-17(18)26)13-22-25-19(23-24-20(25)28)15-7-9-16(10-8-15)21(2,3)4/h6-13,26H,5H2,1-4H3,(H,24,28)/b22-13-. The van der Waals surface area contributed by atoms with Gasteiger partial charge in [-0.3, -0.25) is 0 Å². The number of aromatic amines is 1. The van der Waals surface area contributed by atoms with Crippen LogP contribution < -0.4 is 4.74 Å². The van der Waals surface area contributed by atoms with Crippen molar-refractivity contribution in [2.45, 2.75) is 33.1 Å². The van der Waals surface area contributed by atoms with Crippen molar-refractivity contribution < 1.29 is 9.84 Å². The van der Waals surface area contributed by atoms with Crippen LogP contribution in [-0.2, 0) is 5.41 Å². The second kappa shape index (κ2) is 7.98. The second-order valence-corrected chi connectivity index (χ2v) is 7.78. The van der Waals surface area contributed by atoms with Gasteiger partial charge in [-0.1, -0.05) is 45.0 Å². The third kappa shape index (κ3) is 4.31. The van der Waals surface area contributed by atoms with Crippen LogP contribution in [-0.4, -0.2) is 32.8 Å². The Morgan fingerprint density at radius 2 is 1.93 bits per heavy atom. The first-order valence-corrected chi connectivity index (χ1v) is 9.49. The summed E-state index contributed by atoms with van der Waals surface area (Å²) in [7, 11) is 0. The minimum atomic E-state index is 0.0819. The summed E-state index contributed by atoms with van der Waals surface area (Å²) in [5.74, 6) is 1.14. The highest BCUT2D eigenvalue weighted by Crippen LogP contribution is 2.27. The summed E-state index contributed by atoms with van der Waals surface area (Å²) in [5, 5.41) is 21.4. The molecule has 0 unspecified atom stereocenters. The first-order valence-electron chi connectivity index (χ1n) is 9.08. The number of nitrogens with zero attached hydrogens (tertiary/aromatic N) is 3. The molecule has 0 saturated heterocycles. The largest absolute Gasteiger partial charge is 0.504 e. The molecule has 0 radical (unpaired) electrons. The SMILES string of the molecule is CCOc1cc(/C=N\n2c(-c3ccc(C(C)(C)C)cc3)n[nH]c2=S)ccc1O. The molecule has 0 amide bonds. The van der Waals surface area contributed by atoms with Gasteiger partial charge < -0.3 is 9.84 Å². The van der Waals surface area contributed by atoms with Crippen LogP contribution in [0, 0.1) is 4.77 Å². The molecule has 1 heterocycles. The maximum Gasteiger partial charge on any atom is 0.216 e. The Hall–Kier alpha value is -2.93. The summed E-state index contributed by atoms with van der Waals surface area (Å²) in [6, 6.07) is 13.3. The fraction of sp³-hybridized carbons (Fsp3) is 0.286. The molecule has 0 aliphatic rings. The predicted molar refractivity (Wildman–Crippen MR) is 114 cm³/mol. The van der Waals surface area contributed by atoms with Gasteiger partial charge in [-0.2, -0.15) is 14.9 Å². The molecule has 0 aliphatic carbocycles. The zero-order chi connectivity index (χ0) is 20.3. The van der Waals surface area contributed by atoms with Gasteiger partial charge in [-0.15, -0.1) is 0 Å². The van der Waals surface area contributed by atoms with Gasteiger partial charge in [-0.25, -0.2) is 5.10 Å². The van der Waals surface area contributed by atoms with Crippen LogP contribution in [0.15, 0.2) is 47.6 Å². The smallest absolute Gasteiger partial charge is 0.216 e. The number of hydrogen-bond acceptors (Lipinski definition) is 5. The highest BCUT2D eigenvalue weighted by atomic mass is 32.1. The van der Waals surface area contributed by atoms with E-state index in [4.69, 9.17) is 17.0 Å². The number of phenolic OH excluding ortho intramolecular Hbond substituents is 1. The van der Waals surface area contributed by atoms with E-state index >= 15 is 0 Å². The van der Waals surface area contributed by atoms with Crippen LogP contribution in [0.1, 0.15) is 38.8 Å². The van der Waals surface area contributed by atoms with Crippen molar-refractivity contribution in [1.29, 1.82) is 0 Å². The summed E-state index contributed by atoms with van der Waals surface area (Å²) in [4.78, 5) is 0. The first-order chi connectivity index (χ1) is 13.3. The lowest BCUT2D eigenvalue weighted by molar-refractivity contribution is 0.318. The Kier molecular flexibility index (Phi) is 5.65. The maximum atomic E-state index is 9.83. The van der Waals surface area contributed by atoms with Gasteiger partial charge in [0.25, 0.3) is 0 Å². The van der Waals surface area contributed by atoms with E-state index < -0.39 is 0 Å². The van der Waals surface area contributed by atoms with E-state index in [0.717, 1.165) is 11.1 Å². The minimum Gasteiger partial charge on any atom is -0.504 e. The Balaban J connectivity index is 1.93. The van der Waals surface area contributed by atoms with Crippen molar-refractivity contribution in [3.63, 3.8) is 0 Å². The summed E-state index contributed by atoms with van der Waals surface area (Å²) in [6.07, 6.45) is 1.65. The lowest BCUT2D eigenvalue weighted by atomic mass is 9.87. The Morgan fingerprint density at radius 3 is 2.57 bits per heavy atom.